The fraction of sp³-hybridized carbons (Fsp3) is 0.667. The van der Waals surface area contributed by atoms with E-state index in [1.807, 2.05) is 0 Å². The maximum absolute atomic E-state index is 5.77. The molecule has 1 heterocycles. The number of rotatable bonds is 4. The van der Waals surface area contributed by atoms with E-state index >= 15 is 0 Å². The van der Waals surface area contributed by atoms with Crippen LogP contribution in [0.3, 0.4) is 0 Å². The van der Waals surface area contributed by atoms with Crippen LogP contribution < -0.4 is 15.0 Å². The van der Waals surface area contributed by atoms with Crippen LogP contribution in [0.4, 0.5) is 5.69 Å². The van der Waals surface area contributed by atoms with E-state index in [4.69, 9.17) is 4.74 Å². The summed E-state index contributed by atoms with van der Waals surface area (Å²) in [6.07, 6.45) is 5.61. The average Bonchev–Trinajstić information content (AvgIpc) is 2.49. The molecule has 1 aromatic rings. The summed E-state index contributed by atoms with van der Waals surface area (Å²) in [6, 6.07) is 6.61. The van der Waals surface area contributed by atoms with Crippen molar-refractivity contribution < 1.29 is 4.74 Å². The minimum Gasteiger partial charge on any atom is -0.490 e. The molecule has 1 N–H and O–H groups in total. The van der Waals surface area contributed by atoms with Crippen molar-refractivity contribution in [1.29, 1.82) is 0 Å². The molecule has 21 heavy (non-hydrogen) atoms. The van der Waals surface area contributed by atoms with Crippen molar-refractivity contribution in [3.8, 4) is 5.75 Å². The van der Waals surface area contributed by atoms with E-state index in [9.17, 15) is 0 Å². The van der Waals surface area contributed by atoms with Gasteiger partial charge in [-0.15, -0.1) is 0 Å². The van der Waals surface area contributed by atoms with Gasteiger partial charge in [0.25, 0.3) is 0 Å². The first kappa shape index (κ1) is 14.7. The standard InChI is InChI=1S/C18H28N2O/c1-14-3-5-15(6-4-14)12-19-13-16-7-8-17-18(11-16)21-10-9-20(17)2/h7-8,11,14-15,19H,3-6,9-10,12-13H2,1-2H3. The molecule has 3 nitrogen and oxygen atoms in total. The van der Waals surface area contributed by atoms with Gasteiger partial charge in [0.15, 0.2) is 0 Å². The molecule has 0 amide bonds. The van der Waals surface area contributed by atoms with Gasteiger partial charge in [0.05, 0.1) is 12.2 Å². The van der Waals surface area contributed by atoms with E-state index < -0.39 is 0 Å². The molecule has 0 atom stereocenters. The topological polar surface area (TPSA) is 24.5 Å². The van der Waals surface area contributed by atoms with Crippen LogP contribution in [-0.2, 0) is 6.54 Å². The highest BCUT2D eigenvalue weighted by Crippen LogP contribution is 2.31. The van der Waals surface area contributed by atoms with Gasteiger partial charge in [0.2, 0.25) is 0 Å². The number of benzene rings is 1. The molecule has 1 saturated carbocycles. The van der Waals surface area contributed by atoms with E-state index in [2.05, 4.69) is 42.4 Å². The molecule has 0 radical (unpaired) electrons. The van der Waals surface area contributed by atoms with Crippen molar-refractivity contribution in [2.75, 3.05) is 31.6 Å². The second-order valence-electron chi connectivity index (χ2n) is 6.83. The zero-order chi connectivity index (χ0) is 14.7. The van der Waals surface area contributed by atoms with Gasteiger partial charge >= 0.3 is 0 Å². The molecule has 0 spiro atoms. The Bertz CT molecular complexity index is 466. The molecular weight excluding hydrogens is 260 g/mol. The highest BCUT2D eigenvalue weighted by atomic mass is 16.5. The predicted molar refractivity (Wildman–Crippen MR) is 88.0 cm³/mol. The van der Waals surface area contributed by atoms with Crippen molar-refractivity contribution in [3.63, 3.8) is 0 Å². The van der Waals surface area contributed by atoms with Crippen LogP contribution in [0.1, 0.15) is 38.2 Å². The lowest BCUT2D eigenvalue weighted by molar-refractivity contribution is 0.281. The summed E-state index contributed by atoms with van der Waals surface area (Å²) in [5.41, 5.74) is 2.54. The van der Waals surface area contributed by atoms with Crippen LogP contribution in [0.15, 0.2) is 18.2 Å². The minimum absolute atomic E-state index is 0.792. The zero-order valence-electron chi connectivity index (χ0n) is 13.4. The van der Waals surface area contributed by atoms with Gasteiger partial charge in [-0.05, 0) is 48.9 Å². The second kappa shape index (κ2) is 6.69. The van der Waals surface area contributed by atoms with Crippen LogP contribution in [0.2, 0.25) is 0 Å². The van der Waals surface area contributed by atoms with Crippen LogP contribution in [-0.4, -0.2) is 26.7 Å². The molecule has 0 bridgehead atoms. The van der Waals surface area contributed by atoms with Crippen LogP contribution in [0, 0.1) is 11.8 Å². The monoisotopic (exact) mass is 288 g/mol. The molecule has 3 rings (SSSR count). The lowest BCUT2D eigenvalue weighted by Gasteiger charge is -2.28. The Morgan fingerprint density at radius 1 is 1.24 bits per heavy atom. The molecule has 1 aliphatic heterocycles. The highest BCUT2D eigenvalue weighted by Gasteiger charge is 2.18. The SMILES string of the molecule is CC1CCC(CNCc2ccc3c(c2)OCCN3C)CC1. The number of hydrogen-bond donors (Lipinski definition) is 1. The van der Waals surface area contributed by atoms with Crippen molar-refractivity contribution in [2.24, 2.45) is 11.8 Å². The Labute approximate surface area is 128 Å². The summed E-state index contributed by atoms with van der Waals surface area (Å²) in [6.45, 7) is 6.26. The minimum atomic E-state index is 0.792. The molecular formula is C18H28N2O. The number of nitrogens with zero attached hydrogens (tertiary/aromatic N) is 1. The highest BCUT2D eigenvalue weighted by molar-refractivity contribution is 5.60. The van der Waals surface area contributed by atoms with Gasteiger partial charge in [-0.25, -0.2) is 0 Å². The maximum atomic E-state index is 5.77. The summed E-state index contributed by atoms with van der Waals surface area (Å²) in [5.74, 6) is 2.85. The molecule has 0 saturated heterocycles. The first-order chi connectivity index (χ1) is 10.2. The average molecular weight is 288 g/mol. The zero-order valence-corrected chi connectivity index (χ0v) is 13.4. The predicted octanol–water partition coefficient (Wildman–Crippen LogP) is 3.43. The van der Waals surface area contributed by atoms with Gasteiger partial charge < -0.3 is 15.0 Å². The summed E-state index contributed by atoms with van der Waals surface area (Å²) in [5, 5.41) is 3.64. The van der Waals surface area contributed by atoms with E-state index in [1.165, 1.54) is 36.9 Å². The van der Waals surface area contributed by atoms with Gasteiger partial charge in [-0.3, -0.25) is 0 Å². The quantitative estimate of drug-likeness (QED) is 0.918. The third-order valence-corrected chi connectivity index (χ3v) is 5.02. The molecule has 3 heteroatoms. The molecule has 0 unspecified atom stereocenters. The number of ether oxygens (including phenoxy) is 1. The van der Waals surface area contributed by atoms with Gasteiger partial charge in [-0.2, -0.15) is 0 Å². The number of nitrogens with one attached hydrogen (secondary N) is 1. The Hall–Kier alpha value is -1.22. The van der Waals surface area contributed by atoms with Gasteiger partial charge in [0.1, 0.15) is 12.4 Å². The van der Waals surface area contributed by atoms with E-state index in [0.717, 1.165) is 43.8 Å². The van der Waals surface area contributed by atoms with Gasteiger partial charge in [-0.1, -0.05) is 25.8 Å². The van der Waals surface area contributed by atoms with Crippen molar-refractivity contribution in [1.82, 2.24) is 5.32 Å². The van der Waals surface area contributed by atoms with E-state index in [1.54, 1.807) is 0 Å². The normalized spacial score (nSPS) is 25.3. The van der Waals surface area contributed by atoms with Crippen molar-refractivity contribution in [2.45, 2.75) is 39.2 Å². The molecule has 1 aliphatic carbocycles. The molecule has 1 fully saturated rings. The summed E-state index contributed by atoms with van der Waals surface area (Å²) >= 11 is 0. The lowest BCUT2D eigenvalue weighted by atomic mass is 9.83. The Morgan fingerprint density at radius 2 is 2.05 bits per heavy atom. The maximum Gasteiger partial charge on any atom is 0.143 e. The smallest absolute Gasteiger partial charge is 0.143 e. The Balaban J connectivity index is 1.49. The lowest BCUT2D eigenvalue weighted by Crippen LogP contribution is -2.29. The number of hydrogen-bond acceptors (Lipinski definition) is 3. The van der Waals surface area contributed by atoms with Crippen LogP contribution in [0.5, 0.6) is 5.75 Å². The largest absolute Gasteiger partial charge is 0.490 e. The van der Waals surface area contributed by atoms with Crippen LogP contribution >= 0.6 is 0 Å². The fourth-order valence-corrected chi connectivity index (χ4v) is 3.47. The van der Waals surface area contributed by atoms with E-state index in [-0.39, 0.29) is 0 Å². The molecule has 116 valence electrons. The molecule has 0 aromatic heterocycles. The first-order valence-electron chi connectivity index (χ1n) is 8.40. The van der Waals surface area contributed by atoms with Crippen molar-refractivity contribution in [3.05, 3.63) is 23.8 Å². The Kier molecular flexibility index (Phi) is 4.69. The van der Waals surface area contributed by atoms with Gasteiger partial charge in [0, 0.05) is 13.6 Å². The molecule has 2 aliphatic rings. The first-order valence-corrected chi connectivity index (χ1v) is 8.40. The third-order valence-electron chi connectivity index (χ3n) is 5.02. The number of likely N-dealkylation sites (N-methyl/N-ethyl adjacent to an activating group) is 1. The molecule has 1 aromatic carbocycles. The van der Waals surface area contributed by atoms with Crippen LogP contribution in [0.25, 0.3) is 0 Å². The second-order valence-corrected chi connectivity index (χ2v) is 6.83. The summed E-state index contributed by atoms with van der Waals surface area (Å²) < 4.78 is 5.77. The Morgan fingerprint density at radius 3 is 2.86 bits per heavy atom. The number of anilines is 1. The summed E-state index contributed by atoms with van der Waals surface area (Å²) in [7, 11) is 2.13. The van der Waals surface area contributed by atoms with Crippen molar-refractivity contribution >= 4 is 5.69 Å². The number of fused-ring (bicyclic) bond motifs is 1. The third kappa shape index (κ3) is 3.70. The fourth-order valence-electron chi connectivity index (χ4n) is 3.47. The summed E-state index contributed by atoms with van der Waals surface area (Å²) in [4.78, 5) is 2.26. The van der Waals surface area contributed by atoms with E-state index in [0.29, 0.717) is 0 Å².